The van der Waals surface area contributed by atoms with Crippen molar-refractivity contribution in [2.45, 2.75) is 46.0 Å². The van der Waals surface area contributed by atoms with Crippen LogP contribution >= 0.6 is 0 Å². The van der Waals surface area contributed by atoms with Crippen molar-refractivity contribution in [2.24, 2.45) is 0 Å². The van der Waals surface area contributed by atoms with Gasteiger partial charge in [-0.3, -0.25) is 9.39 Å². The van der Waals surface area contributed by atoms with Crippen LogP contribution in [0.25, 0.3) is 0 Å². The van der Waals surface area contributed by atoms with E-state index in [-0.39, 0.29) is 5.91 Å². The first-order chi connectivity index (χ1) is 8.40. The lowest BCUT2D eigenvalue weighted by Gasteiger charge is -2.26. The minimum Gasteiger partial charge on any atom is -0.343 e. The van der Waals surface area contributed by atoms with Crippen molar-refractivity contribution in [1.82, 2.24) is 10.3 Å². The SMILES string of the molecule is CCCCN(CCCC)C(=O)CCN[N+](C)(C)C. The largest absolute Gasteiger partial charge is 0.343 e. The number of carbonyl (C=O) groups is 1. The Bertz CT molecular complexity index is 216. The first-order valence-electron chi connectivity index (χ1n) is 7.25. The molecule has 0 aromatic rings. The zero-order valence-electron chi connectivity index (χ0n) is 13.0. The van der Waals surface area contributed by atoms with Gasteiger partial charge in [0.25, 0.3) is 0 Å². The molecule has 18 heavy (non-hydrogen) atoms. The molecule has 0 radical (unpaired) electrons. The molecular formula is C14H32N3O+. The highest BCUT2D eigenvalue weighted by Gasteiger charge is 2.14. The van der Waals surface area contributed by atoms with Crippen LogP contribution in [0.5, 0.6) is 0 Å². The van der Waals surface area contributed by atoms with Gasteiger partial charge in [-0.25, -0.2) is 0 Å². The third-order valence-corrected chi connectivity index (χ3v) is 2.84. The molecule has 0 aliphatic heterocycles. The van der Waals surface area contributed by atoms with Crippen molar-refractivity contribution < 1.29 is 9.39 Å². The predicted molar refractivity (Wildman–Crippen MR) is 77.0 cm³/mol. The van der Waals surface area contributed by atoms with Gasteiger partial charge >= 0.3 is 0 Å². The molecule has 0 fully saturated rings. The van der Waals surface area contributed by atoms with Crippen LogP contribution in [-0.4, -0.2) is 56.2 Å². The van der Waals surface area contributed by atoms with Crippen molar-refractivity contribution in [1.29, 1.82) is 0 Å². The molecule has 0 aliphatic carbocycles. The molecule has 0 saturated carbocycles. The van der Waals surface area contributed by atoms with Gasteiger partial charge in [-0.2, -0.15) is 5.43 Å². The van der Waals surface area contributed by atoms with Crippen molar-refractivity contribution >= 4 is 5.91 Å². The normalized spacial score (nSPS) is 11.6. The van der Waals surface area contributed by atoms with E-state index in [1.54, 1.807) is 0 Å². The first-order valence-corrected chi connectivity index (χ1v) is 7.25. The van der Waals surface area contributed by atoms with Crippen molar-refractivity contribution in [2.75, 3.05) is 40.8 Å². The summed E-state index contributed by atoms with van der Waals surface area (Å²) in [5.41, 5.74) is 3.31. The molecule has 0 atom stereocenters. The van der Waals surface area contributed by atoms with Gasteiger partial charge < -0.3 is 4.90 Å². The minimum absolute atomic E-state index is 0.290. The van der Waals surface area contributed by atoms with Gasteiger partial charge in [-0.1, -0.05) is 26.7 Å². The highest BCUT2D eigenvalue weighted by Crippen LogP contribution is 2.02. The third-order valence-electron chi connectivity index (χ3n) is 2.84. The summed E-state index contributed by atoms with van der Waals surface area (Å²) in [5.74, 6) is 0.290. The van der Waals surface area contributed by atoms with Crippen molar-refractivity contribution in [3.63, 3.8) is 0 Å². The summed E-state index contributed by atoms with van der Waals surface area (Å²) in [7, 11) is 6.20. The third kappa shape index (κ3) is 9.42. The number of nitrogens with zero attached hydrogens (tertiary/aromatic N) is 2. The summed E-state index contributed by atoms with van der Waals surface area (Å²) in [6.07, 6.45) is 5.11. The smallest absolute Gasteiger partial charge is 0.224 e. The Kier molecular flexibility index (Phi) is 9.02. The van der Waals surface area contributed by atoms with Crippen LogP contribution in [0.1, 0.15) is 46.0 Å². The maximum Gasteiger partial charge on any atom is 0.224 e. The number of quaternary nitrogens is 1. The van der Waals surface area contributed by atoms with Crippen LogP contribution in [0.15, 0.2) is 0 Å². The molecule has 0 aliphatic rings. The fraction of sp³-hybridized carbons (Fsp3) is 0.929. The number of hydrogen-bond donors (Lipinski definition) is 1. The first kappa shape index (κ1) is 17.4. The van der Waals surface area contributed by atoms with Crippen LogP contribution < -0.4 is 5.43 Å². The Hall–Kier alpha value is -0.610. The lowest BCUT2D eigenvalue weighted by molar-refractivity contribution is -0.915. The molecule has 0 aromatic carbocycles. The number of carbonyl (C=O) groups excluding carboxylic acids is 1. The van der Waals surface area contributed by atoms with Crippen LogP contribution in [0, 0.1) is 0 Å². The van der Waals surface area contributed by atoms with E-state index in [2.05, 4.69) is 40.4 Å². The van der Waals surface area contributed by atoms with Gasteiger partial charge in [0.2, 0.25) is 5.91 Å². The van der Waals surface area contributed by atoms with Crippen molar-refractivity contribution in [3.05, 3.63) is 0 Å². The highest BCUT2D eigenvalue weighted by atomic mass is 16.2. The van der Waals surface area contributed by atoms with E-state index in [0.29, 0.717) is 11.0 Å². The molecule has 0 heterocycles. The molecule has 1 amide bonds. The van der Waals surface area contributed by atoms with Crippen LogP contribution in [-0.2, 0) is 4.79 Å². The fourth-order valence-electron chi connectivity index (χ4n) is 1.72. The van der Waals surface area contributed by atoms with Gasteiger partial charge in [-0.15, -0.1) is 0 Å². The number of rotatable bonds is 10. The Morgan fingerprint density at radius 3 is 1.94 bits per heavy atom. The average molecular weight is 258 g/mol. The number of amides is 1. The van der Waals surface area contributed by atoms with E-state index in [0.717, 1.165) is 45.3 Å². The van der Waals surface area contributed by atoms with Gasteiger partial charge in [0, 0.05) is 19.5 Å². The zero-order valence-corrected chi connectivity index (χ0v) is 13.0. The van der Waals surface area contributed by atoms with E-state index in [9.17, 15) is 4.79 Å². The second kappa shape index (κ2) is 9.34. The summed E-state index contributed by atoms with van der Waals surface area (Å²) in [4.78, 5) is 14.2. The lowest BCUT2D eigenvalue weighted by atomic mass is 10.2. The Morgan fingerprint density at radius 2 is 1.56 bits per heavy atom. The molecule has 108 valence electrons. The second-order valence-corrected chi connectivity index (χ2v) is 5.76. The molecule has 0 bridgehead atoms. The quantitative estimate of drug-likeness (QED) is 0.480. The number of nitrogens with one attached hydrogen (secondary N) is 1. The number of unbranched alkanes of at least 4 members (excludes halogenated alkanes) is 2. The van der Waals surface area contributed by atoms with Gasteiger partial charge in [-0.05, 0) is 12.8 Å². The summed E-state index contributed by atoms with van der Waals surface area (Å²) in [5, 5.41) is 0. The summed E-state index contributed by atoms with van der Waals surface area (Å²) >= 11 is 0. The van der Waals surface area contributed by atoms with E-state index in [4.69, 9.17) is 0 Å². The summed E-state index contributed by atoms with van der Waals surface area (Å²) in [6, 6.07) is 0. The summed E-state index contributed by atoms with van der Waals surface area (Å²) < 4.78 is 0.692. The predicted octanol–water partition coefficient (Wildman–Crippen LogP) is 2.02. The van der Waals surface area contributed by atoms with Gasteiger partial charge in [0.05, 0.1) is 27.7 Å². The molecule has 4 nitrogen and oxygen atoms in total. The maximum absolute atomic E-state index is 12.1. The molecule has 1 N–H and O–H groups in total. The minimum atomic E-state index is 0.290. The van der Waals surface area contributed by atoms with Gasteiger partial charge in [0.15, 0.2) is 0 Å². The topological polar surface area (TPSA) is 32.3 Å². The van der Waals surface area contributed by atoms with E-state index >= 15 is 0 Å². The van der Waals surface area contributed by atoms with E-state index in [1.165, 1.54) is 0 Å². The number of hydrogen-bond acceptors (Lipinski definition) is 2. The summed E-state index contributed by atoms with van der Waals surface area (Å²) in [6.45, 7) is 6.92. The molecule has 0 spiro atoms. The molecule has 0 unspecified atom stereocenters. The maximum atomic E-state index is 12.1. The van der Waals surface area contributed by atoms with Crippen LogP contribution in [0.3, 0.4) is 0 Å². The standard InChI is InChI=1S/C14H32N3O/c1-6-8-12-16(13-9-7-2)14(18)10-11-15-17(3,4)5/h15H,6-13H2,1-5H3/q+1. The zero-order chi connectivity index (χ0) is 14.0. The highest BCUT2D eigenvalue weighted by molar-refractivity contribution is 5.76. The molecule has 4 heteroatoms. The Labute approximate surface area is 113 Å². The molecule has 0 saturated heterocycles. The van der Waals surface area contributed by atoms with Crippen molar-refractivity contribution in [3.8, 4) is 0 Å². The molecule has 0 rings (SSSR count). The Balaban J connectivity index is 4.03. The van der Waals surface area contributed by atoms with Crippen LogP contribution in [0.2, 0.25) is 0 Å². The van der Waals surface area contributed by atoms with E-state index in [1.807, 2.05) is 4.90 Å². The van der Waals surface area contributed by atoms with Crippen LogP contribution in [0.4, 0.5) is 0 Å². The molecule has 0 aromatic heterocycles. The molecular weight excluding hydrogens is 226 g/mol. The fourth-order valence-corrected chi connectivity index (χ4v) is 1.72. The lowest BCUT2D eigenvalue weighted by Crippen LogP contribution is -2.49. The monoisotopic (exact) mass is 258 g/mol. The average Bonchev–Trinajstić information content (AvgIpc) is 2.27. The van der Waals surface area contributed by atoms with Gasteiger partial charge in [0.1, 0.15) is 0 Å². The van der Waals surface area contributed by atoms with E-state index < -0.39 is 0 Å². The Morgan fingerprint density at radius 1 is 1.06 bits per heavy atom. The second-order valence-electron chi connectivity index (χ2n) is 5.76.